The number of carbonyl (C=O) groups is 1. The van der Waals surface area contributed by atoms with Gasteiger partial charge < -0.3 is 4.90 Å². The summed E-state index contributed by atoms with van der Waals surface area (Å²) in [6, 6.07) is 29.7. The first-order chi connectivity index (χ1) is 18.8. The minimum Gasteiger partial charge on any atom is -0.328 e. The van der Waals surface area contributed by atoms with Crippen molar-refractivity contribution < 1.29 is 4.79 Å². The van der Waals surface area contributed by atoms with Gasteiger partial charge in [-0.05, 0) is 92.4 Å². The zero-order valence-corrected chi connectivity index (χ0v) is 23.0. The Balaban J connectivity index is 1.66. The van der Waals surface area contributed by atoms with Crippen LogP contribution in [0.15, 0.2) is 102 Å². The standard InChI is InChI=1S/C33H30ClN3O2/c1-22-13-18-28(21-23(22)2)37-31(35-30-12-8-7-11-29(30)33(37)39)24(3)36(20-19-25-9-5-4-6-10-25)32(38)26-14-16-27(34)17-15-26/h4-18,21,24H,19-20H2,1-3H3. The van der Waals surface area contributed by atoms with Gasteiger partial charge in [0.2, 0.25) is 0 Å². The molecule has 0 aliphatic carbocycles. The highest BCUT2D eigenvalue weighted by Crippen LogP contribution is 2.26. The van der Waals surface area contributed by atoms with Gasteiger partial charge in [-0.15, -0.1) is 0 Å². The Bertz CT molecular complexity index is 1690. The monoisotopic (exact) mass is 535 g/mol. The number of fused-ring (bicyclic) bond motifs is 1. The fraction of sp³-hybridized carbons (Fsp3) is 0.182. The lowest BCUT2D eigenvalue weighted by Gasteiger charge is -2.31. The van der Waals surface area contributed by atoms with E-state index in [1.165, 1.54) is 0 Å². The highest BCUT2D eigenvalue weighted by Gasteiger charge is 2.28. The largest absolute Gasteiger partial charge is 0.328 e. The van der Waals surface area contributed by atoms with E-state index in [-0.39, 0.29) is 11.5 Å². The van der Waals surface area contributed by atoms with Crippen molar-refractivity contribution in [1.82, 2.24) is 14.5 Å². The first-order valence-corrected chi connectivity index (χ1v) is 13.4. The van der Waals surface area contributed by atoms with Crippen LogP contribution in [0.4, 0.5) is 0 Å². The van der Waals surface area contributed by atoms with Crippen molar-refractivity contribution in [2.24, 2.45) is 0 Å². The summed E-state index contributed by atoms with van der Waals surface area (Å²) in [6.45, 7) is 6.45. The Morgan fingerprint density at radius 1 is 0.897 bits per heavy atom. The van der Waals surface area contributed by atoms with Gasteiger partial charge >= 0.3 is 0 Å². The lowest BCUT2D eigenvalue weighted by Crippen LogP contribution is -2.38. The quantitative estimate of drug-likeness (QED) is 0.223. The van der Waals surface area contributed by atoms with Crippen LogP contribution in [0.25, 0.3) is 16.6 Å². The number of benzene rings is 4. The van der Waals surface area contributed by atoms with Gasteiger partial charge in [0.25, 0.3) is 11.5 Å². The number of para-hydroxylation sites is 1. The molecule has 1 aromatic heterocycles. The summed E-state index contributed by atoms with van der Waals surface area (Å²) in [7, 11) is 0. The second-order valence-electron chi connectivity index (χ2n) is 9.81. The molecule has 5 rings (SSSR count). The molecule has 6 heteroatoms. The molecule has 5 aromatic rings. The SMILES string of the molecule is Cc1ccc(-n2c(C(C)N(CCc3ccccc3)C(=O)c3ccc(Cl)cc3)nc3ccccc3c2=O)cc1C. The summed E-state index contributed by atoms with van der Waals surface area (Å²) < 4.78 is 1.66. The molecular formula is C33H30ClN3O2. The average molecular weight is 536 g/mol. The molecule has 0 saturated carbocycles. The maximum absolute atomic E-state index is 14.0. The van der Waals surface area contributed by atoms with Crippen molar-refractivity contribution in [1.29, 1.82) is 0 Å². The molecule has 0 spiro atoms. The molecule has 196 valence electrons. The third-order valence-electron chi connectivity index (χ3n) is 7.23. The van der Waals surface area contributed by atoms with Gasteiger partial charge in [-0.2, -0.15) is 0 Å². The highest BCUT2D eigenvalue weighted by atomic mass is 35.5. The Hall–Kier alpha value is -4.22. The van der Waals surface area contributed by atoms with Crippen LogP contribution in [0.3, 0.4) is 0 Å². The van der Waals surface area contributed by atoms with Crippen molar-refractivity contribution in [3.05, 3.63) is 141 Å². The predicted octanol–water partition coefficient (Wildman–Crippen LogP) is 7.10. The van der Waals surface area contributed by atoms with E-state index in [1.54, 1.807) is 39.8 Å². The second-order valence-corrected chi connectivity index (χ2v) is 10.2. The first-order valence-electron chi connectivity index (χ1n) is 13.0. The lowest BCUT2D eigenvalue weighted by molar-refractivity contribution is 0.0683. The molecule has 0 saturated heterocycles. The summed E-state index contributed by atoms with van der Waals surface area (Å²) in [6.07, 6.45) is 0.659. The van der Waals surface area contributed by atoms with E-state index in [0.717, 1.165) is 22.4 Å². The molecule has 0 N–H and O–H groups in total. The number of aryl methyl sites for hydroxylation is 2. The molecular weight excluding hydrogens is 506 g/mol. The van der Waals surface area contributed by atoms with Crippen molar-refractivity contribution in [3.8, 4) is 5.69 Å². The van der Waals surface area contributed by atoms with E-state index in [0.29, 0.717) is 40.3 Å². The molecule has 1 heterocycles. The van der Waals surface area contributed by atoms with Crippen LogP contribution in [-0.4, -0.2) is 26.9 Å². The third kappa shape index (κ3) is 5.50. The van der Waals surface area contributed by atoms with Crippen LogP contribution in [0.5, 0.6) is 0 Å². The molecule has 1 unspecified atom stereocenters. The zero-order valence-electron chi connectivity index (χ0n) is 22.3. The number of carbonyl (C=O) groups excluding carboxylic acids is 1. The number of rotatable bonds is 7. The summed E-state index contributed by atoms with van der Waals surface area (Å²) in [5, 5.41) is 1.10. The van der Waals surface area contributed by atoms with Crippen molar-refractivity contribution in [2.75, 3.05) is 6.54 Å². The second kappa shape index (κ2) is 11.3. The van der Waals surface area contributed by atoms with Crippen LogP contribution >= 0.6 is 11.6 Å². The van der Waals surface area contributed by atoms with Gasteiger partial charge in [0, 0.05) is 17.1 Å². The summed E-state index contributed by atoms with van der Waals surface area (Å²) in [5.41, 5.74) is 5.03. The maximum atomic E-state index is 14.0. The van der Waals surface area contributed by atoms with E-state index >= 15 is 0 Å². The van der Waals surface area contributed by atoms with Gasteiger partial charge in [-0.1, -0.05) is 60.1 Å². The van der Waals surface area contributed by atoms with E-state index < -0.39 is 6.04 Å². The van der Waals surface area contributed by atoms with E-state index in [9.17, 15) is 9.59 Å². The van der Waals surface area contributed by atoms with Crippen molar-refractivity contribution in [3.63, 3.8) is 0 Å². The van der Waals surface area contributed by atoms with E-state index in [1.807, 2.05) is 75.4 Å². The van der Waals surface area contributed by atoms with Gasteiger partial charge in [0.1, 0.15) is 5.82 Å². The number of nitrogens with zero attached hydrogens (tertiary/aromatic N) is 3. The number of amides is 1. The Morgan fingerprint density at radius 3 is 2.31 bits per heavy atom. The summed E-state index contributed by atoms with van der Waals surface area (Å²) in [5.74, 6) is 0.362. The minimum atomic E-state index is -0.504. The minimum absolute atomic E-state index is 0.149. The summed E-state index contributed by atoms with van der Waals surface area (Å²) >= 11 is 6.11. The Labute approximate surface area is 233 Å². The number of aromatic nitrogens is 2. The van der Waals surface area contributed by atoms with Gasteiger partial charge in [0.15, 0.2) is 0 Å². The molecule has 39 heavy (non-hydrogen) atoms. The van der Waals surface area contributed by atoms with Crippen LogP contribution in [0.2, 0.25) is 5.02 Å². The van der Waals surface area contributed by atoms with Crippen LogP contribution in [0, 0.1) is 13.8 Å². The molecule has 0 aliphatic heterocycles. The fourth-order valence-electron chi connectivity index (χ4n) is 4.81. The van der Waals surface area contributed by atoms with E-state index in [4.69, 9.17) is 16.6 Å². The molecule has 1 atom stereocenters. The van der Waals surface area contributed by atoms with Crippen LogP contribution in [-0.2, 0) is 6.42 Å². The maximum Gasteiger partial charge on any atom is 0.266 e. The number of hydrogen-bond donors (Lipinski definition) is 0. The fourth-order valence-corrected chi connectivity index (χ4v) is 4.93. The lowest BCUT2D eigenvalue weighted by atomic mass is 10.1. The molecule has 4 aromatic carbocycles. The molecule has 0 bridgehead atoms. The van der Waals surface area contributed by atoms with Crippen molar-refractivity contribution >= 4 is 28.4 Å². The average Bonchev–Trinajstić information content (AvgIpc) is 2.95. The normalized spacial score (nSPS) is 11.9. The molecule has 0 aliphatic rings. The zero-order chi connectivity index (χ0) is 27.5. The first kappa shape index (κ1) is 26.4. The third-order valence-corrected chi connectivity index (χ3v) is 7.48. The molecule has 1 amide bonds. The van der Waals surface area contributed by atoms with Crippen LogP contribution < -0.4 is 5.56 Å². The number of hydrogen-bond acceptors (Lipinski definition) is 3. The predicted molar refractivity (Wildman–Crippen MR) is 158 cm³/mol. The molecule has 0 radical (unpaired) electrons. The van der Waals surface area contributed by atoms with Gasteiger partial charge in [-0.3, -0.25) is 14.2 Å². The number of halogens is 1. The Kier molecular flexibility index (Phi) is 7.62. The highest BCUT2D eigenvalue weighted by molar-refractivity contribution is 6.30. The molecule has 0 fully saturated rings. The van der Waals surface area contributed by atoms with E-state index in [2.05, 4.69) is 12.1 Å². The van der Waals surface area contributed by atoms with Crippen LogP contribution in [0.1, 0.15) is 45.8 Å². The van der Waals surface area contributed by atoms with Gasteiger partial charge in [0.05, 0.1) is 22.6 Å². The van der Waals surface area contributed by atoms with Gasteiger partial charge in [-0.25, -0.2) is 4.98 Å². The molecule has 5 nitrogen and oxygen atoms in total. The topological polar surface area (TPSA) is 55.2 Å². The summed E-state index contributed by atoms with van der Waals surface area (Å²) in [4.78, 5) is 34.7. The Morgan fingerprint density at radius 2 is 1.59 bits per heavy atom. The smallest absolute Gasteiger partial charge is 0.266 e. The van der Waals surface area contributed by atoms with Crippen molar-refractivity contribution in [2.45, 2.75) is 33.2 Å².